The standard InChI is InChI=1S/C13H18ClNOS/c1-16-11-8-9(5-6-10(11)14)13(15)12-4-2-3-7-17-12/h5-6,8,12-13H,2-4,7,15H2,1H3. The van der Waals surface area contributed by atoms with Crippen molar-refractivity contribution in [1.82, 2.24) is 0 Å². The van der Waals surface area contributed by atoms with Gasteiger partial charge in [0.15, 0.2) is 0 Å². The molecular formula is C13H18ClNOS. The highest BCUT2D eigenvalue weighted by atomic mass is 35.5. The van der Waals surface area contributed by atoms with Gasteiger partial charge >= 0.3 is 0 Å². The minimum atomic E-state index is 0.0754. The quantitative estimate of drug-likeness (QED) is 0.912. The monoisotopic (exact) mass is 271 g/mol. The number of benzene rings is 1. The Morgan fingerprint density at radius 1 is 1.47 bits per heavy atom. The SMILES string of the molecule is COc1cc(C(N)C2CCCCS2)ccc1Cl. The molecule has 0 spiro atoms. The van der Waals surface area contributed by atoms with Crippen LogP contribution in [0.4, 0.5) is 0 Å². The summed E-state index contributed by atoms with van der Waals surface area (Å²) < 4.78 is 5.23. The van der Waals surface area contributed by atoms with E-state index in [1.807, 2.05) is 30.0 Å². The Morgan fingerprint density at radius 2 is 2.29 bits per heavy atom. The summed E-state index contributed by atoms with van der Waals surface area (Å²) >= 11 is 8.00. The highest BCUT2D eigenvalue weighted by Crippen LogP contribution is 2.35. The van der Waals surface area contributed by atoms with Gasteiger partial charge in [0.2, 0.25) is 0 Å². The first-order valence-corrected chi connectivity index (χ1v) is 7.35. The first-order valence-electron chi connectivity index (χ1n) is 5.93. The molecule has 17 heavy (non-hydrogen) atoms. The third-order valence-electron chi connectivity index (χ3n) is 3.18. The molecule has 2 unspecified atom stereocenters. The minimum Gasteiger partial charge on any atom is -0.495 e. The predicted molar refractivity (Wildman–Crippen MR) is 75.0 cm³/mol. The zero-order chi connectivity index (χ0) is 12.3. The van der Waals surface area contributed by atoms with Gasteiger partial charge < -0.3 is 10.5 Å². The lowest BCUT2D eigenvalue weighted by molar-refractivity contribution is 0.414. The summed E-state index contributed by atoms with van der Waals surface area (Å²) in [6.45, 7) is 0. The molecule has 0 radical (unpaired) electrons. The zero-order valence-corrected chi connectivity index (χ0v) is 11.6. The largest absolute Gasteiger partial charge is 0.495 e. The molecule has 94 valence electrons. The Balaban J connectivity index is 2.15. The van der Waals surface area contributed by atoms with E-state index in [2.05, 4.69) is 0 Å². The van der Waals surface area contributed by atoms with Crippen molar-refractivity contribution in [2.75, 3.05) is 12.9 Å². The highest BCUT2D eigenvalue weighted by Gasteiger charge is 2.23. The topological polar surface area (TPSA) is 35.2 Å². The van der Waals surface area contributed by atoms with Gasteiger partial charge in [0.1, 0.15) is 5.75 Å². The van der Waals surface area contributed by atoms with E-state index in [4.69, 9.17) is 22.1 Å². The molecule has 0 bridgehead atoms. The van der Waals surface area contributed by atoms with Crippen molar-refractivity contribution < 1.29 is 4.74 Å². The van der Waals surface area contributed by atoms with E-state index < -0.39 is 0 Å². The number of thioether (sulfide) groups is 1. The molecule has 0 amide bonds. The number of hydrogen-bond acceptors (Lipinski definition) is 3. The van der Waals surface area contributed by atoms with Gasteiger partial charge in [-0.1, -0.05) is 24.1 Å². The van der Waals surface area contributed by atoms with Gasteiger partial charge in [0.05, 0.1) is 12.1 Å². The van der Waals surface area contributed by atoms with Gasteiger partial charge in [-0.3, -0.25) is 0 Å². The van der Waals surface area contributed by atoms with Crippen LogP contribution in [-0.4, -0.2) is 18.1 Å². The molecule has 1 aromatic rings. The molecule has 2 atom stereocenters. The van der Waals surface area contributed by atoms with Crippen molar-refractivity contribution in [3.05, 3.63) is 28.8 Å². The molecule has 1 aliphatic rings. The Bertz CT molecular complexity index is 380. The van der Waals surface area contributed by atoms with E-state index in [1.54, 1.807) is 7.11 Å². The number of methoxy groups -OCH3 is 1. The lowest BCUT2D eigenvalue weighted by atomic mass is 10.00. The van der Waals surface area contributed by atoms with E-state index >= 15 is 0 Å². The van der Waals surface area contributed by atoms with Crippen molar-refractivity contribution in [3.63, 3.8) is 0 Å². The Kier molecular flexibility index (Phi) is 4.60. The molecule has 0 saturated carbocycles. The second kappa shape index (κ2) is 5.98. The fraction of sp³-hybridized carbons (Fsp3) is 0.538. The van der Waals surface area contributed by atoms with Crippen LogP contribution < -0.4 is 10.5 Å². The van der Waals surface area contributed by atoms with Crippen LogP contribution in [0.25, 0.3) is 0 Å². The van der Waals surface area contributed by atoms with Crippen LogP contribution in [0.3, 0.4) is 0 Å². The van der Waals surface area contributed by atoms with Crippen molar-refractivity contribution in [2.24, 2.45) is 5.73 Å². The summed E-state index contributed by atoms with van der Waals surface area (Å²) in [5.41, 5.74) is 7.44. The van der Waals surface area contributed by atoms with Crippen molar-refractivity contribution in [3.8, 4) is 5.75 Å². The first kappa shape index (κ1) is 13.1. The summed E-state index contributed by atoms with van der Waals surface area (Å²) in [5.74, 6) is 1.93. The van der Waals surface area contributed by atoms with Crippen LogP contribution >= 0.6 is 23.4 Å². The molecule has 2 nitrogen and oxygen atoms in total. The number of halogens is 1. The molecule has 1 saturated heterocycles. The fourth-order valence-corrected chi connectivity index (χ4v) is 3.71. The maximum Gasteiger partial charge on any atom is 0.137 e. The second-order valence-corrected chi connectivity index (χ2v) is 6.08. The Labute approximate surface area is 112 Å². The molecule has 0 aliphatic carbocycles. The fourth-order valence-electron chi connectivity index (χ4n) is 2.15. The number of rotatable bonds is 3. The minimum absolute atomic E-state index is 0.0754. The summed E-state index contributed by atoms with van der Waals surface area (Å²) in [5, 5.41) is 1.16. The molecule has 2 rings (SSSR count). The maximum absolute atomic E-state index is 6.32. The van der Waals surface area contributed by atoms with E-state index in [0.717, 1.165) is 5.56 Å². The number of hydrogen-bond donors (Lipinski definition) is 1. The third kappa shape index (κ3) is 3.09. The summed E-state index contributed by atoms with van der Waals surface area (Å²) in [7, 11) is 1.63. The maximum atomic E-state index is 6.32. The van der Waals surface area contributed by atoms with Crippen LogP contribution in [0.15, 0.2) is 18.2 Å². The summed E-state index contributed by atoms with van der Waals surface area (Å²) in [4.78, 5) is 0. The van der Waals surface area contributed by atoms with Crippen LogP contribution in [0.5, 0.6) is 5.75 Å². The molecule has 1 aromatic carbocycles. The van der Waals surface area contributed by atoms with Crippen molar-refractivity contribution in [2.45, 2.75) is 30.6 Å². The molecule has 0 aromatic heterocycles. The highest BCUT2D eigenvalue weighted by molar-refractivity contribution is 8.00. The van der Waals surface area contributed by atoms with Crippen LogP contribution in [0.2, 0.25) is 5.02 Å². The zero-order valence-electron chi connectivity index (χ0n) is 9.99. The number of nitrogens with two attached hydrogens (primary N) is 1. The van der Waals surface area contributed by atoms with E-state index in [-0.39, 0.29) is 6.04 Å². The van der Waals surface area contributed by atoms with Crippen LogP contribution in [0.1, 0.15) is 30.9 Å². The van der Waals surface area contributed by atoms with Crippen molar-refractivity contribution in [1.29, 1.82) is 0 Å². The Hall–Kier alpha value is -0.380. The van der Waals surface area contributed by atoms with Gasteiger partial charge in [-0.25, -0.2) is 0 Å². The third-order valence-corrected chi connectivity index (χ3v) is 4.97. The van der Waals surface area contributed by atoms with E-state index in [9.17, 15) is 0 Å². The number of ether oxygens (including phenoxy) is 1. The van der Waals surface area contributed by atoms with Crippen LogP contribution in [-0.2, 0) is 0 Å². The smallest absolute Gasteiger partial charge is 0.137 e. The first-order chi connectivity index (χ1) is 8.22. The average Bonchev–Trinajstić information content (AvgIpc) is 2.39. The predicted octanol–water partition coefficient (Wildman–Crippen LogP) is 3.63. The molecule has 1 aliphatic heterocycles. The van der Waals surface area contributed by atoms with Gasteiger partial charge in [-0.2, -0.15) is 11.8 Å². The normalized spacial score (nSPS) is 22.2. The second-order valence-electron chi connectivity index (χ2n) is 4.32. The lowest BCUT2D eigenvalue weighted by Gasteiger charge is -2.27. The van der Waals surface area contributed by atoms with Gasteiger partial charge in [-0.15, -0.1) is 0 Å². The summed E-state index contributed by atoms with van der Waals surface area (Å²) in [6.07, 6.45) is 3.81. The van der Waals surface area contributed by atoms with Crippen molar-refractivity contribution >= 4 is 23.4 Å². The van der Waals surface area contributed by atoms with Gasteiger partial charge in [0, 0.05) is 11.3 Å². The van der Waals surface area contributed by atoms with Gasteiger partial charge in [0.25, 0.3) is 0 Å². The average molecular weight is 272 g/mol. The molecule has 2 N–H and O–H groups in total. The summed E-state index contributed by atoms with van der Waals surface area (Å²) in [6, 6.07) is 5.90. The lowest BCUT2D eigenvalue weighted by Crippen LogP contribution is -2.26. The molecule has 1 fully saturated rings. The van der Waals surface area contributed by atoms with E-state index in [0.29, 0.717) is 16.0 Å². The Morgan fingerprint density at radius 3 is 2.94 bits per heavy atom. The van der Waals surface area contributed by atoms with Crippen LogP contribution in [0, 0.1) is 0 Å². The molecule has 4 heteroatoms. The van der Waals surface area contributed by atoms with Gasteiger partial charge in [-0.05, 0) is 36.3 Å². The molecular weight excluding hydrogens is 254 g/mol. The molecule has 1 heterocycles. The van der Waals surface area contributed by atoms with E-state index in [1.165, 1.54) is 25.0 Å².